The lowest BCUT2D eigenvalue weighted by molar-refractivity contribution is -0.127. The van der Waals surface area contributed by atoms with Crippen molar-refractivity contribution < 1.29 is 9.53 Å². The first-order chi connectivity index (χ1) is 9.54. The Balaban J connectivity index is 1.82. The molecule has 1 N–H and O–H groups in total. The molecule has 1 aromatic carbocycles. The summed E-state index contributed by atoms with van der Waals surface area (Å²) in [6.45, 7) is 1.75. The Morgan fingerprint density at radius 1 is 1.55 bits per heavy atom. The molecule has 3 rings (SSSR count). The number of aryl methyl sites for hydroxylation is 1. The van der Waals surface area contributed by atoms with E-state index >= 15 is 0 Å². The van der Waals surface area contributed by atoms with E-state index in [0.717, 1.165) is 28.2 Å². The number of nitrogens with one attached hydrogen (secondary N) is 1. The molecule has 6 heteroatoms. The SMILES string of the molecule is CC(Oc1nn(C)c2ccc(Br)cc12)C(=O)NC1CC1. The standard InChI is InChI=1S/C14H16BrN3O2/c1-8(13(19)16-10-4-5-10)20-14-11-7-9(15)3-6-12(11)18(2)17-14/h3,6-8,10H,4-5H2,1-2H3,(H,16,19). The molecule has 1 aromatic heterocycles. The monoisotopic (exact) mass is 337 g/mol. The van der Waals surface area contributed by atoms with Gasteiger partial charge in [-0.25, -0.2) is 0 Å². The van der Waals surface area contributed by atoms with Crippen LogP contribution < -0.4 is 10.1 Å². The summed E-state index contributed by atoms with van der Waals surface area (Å²) < 4.78 is 8.44. The molecule has 20 heavy (non-hydrogen) atoms. The fourth-order valence-corrected chi connectivity index (χ4v) is 2.42. The van der Waals surface area contributed by atoms with E-state index in [2.05, 4.69) is 26.3 Å². The third kappa shape index (κ3) is 2.65. The molecule has 1 fully saturated rings. The van der Waals surface area contributed by atoms with Gasteiger partial charge in [0.15, 0.2) is 6.10 Å². The summed E-state index contributed by atoms with van der Waals surface area (Å²) in [5, 5.41) is 8.17. The van der Waals surface area contributed by atoms with E-state index < -0.39 is 6.10 Å². The van der Waals surface area contributed by atoms with Gasteiger partial charge in [0.2, 0.25) is 5.88 Å². The summed E-state index contributed by atoms with van der Waals surface area (Å²) in [6, 6.07) is 6.21. The number of carbonyl (C=O) groups excluding carboxylic acids is 1. The molecule has 1 atom stereocenters. The Kier molecular flexibility index (Phi) is 3.41. The largest absolute Gasteiger partial charge is 0.463 e. The van der Waals surface area contributed by atoms with Crippen LogP contribution in [0.3, 0.4) is 0 Å². The number of fused-ring (bicyclic) bond motifs is 1. The van der Waals surface area contributed by atoms with Gasteiger partial charge in [-0.15, -0.1) is 5.10 Å². The summed E-state index contributed by atoms with van der Waals surface area (Å²) in [7, 11) is 1.86. The maximum Gasteiger partial charge on any atom is 0.261 e. The van der Waals surface area contributed by atoms with Crippen LogP contribution in [0.15, 0.2) is 22.7 Å². The van der Waals surface area contributed by atoms with Crippen molar-refractivity contribution in [2.75, 3.05) is 0 Å². The van der Waals surface area contributed by atoms with Crippen LogP contribution in [0.2, 0.25) is 0 Å². The first-order valence-electron chi connectivity index (χ1n) is 6.64. The van der Waals surface area contributed by atoms with Gasteiger partial charge in [-0.05, 0) is 38.0 Å². The summed E-state index contributed by atoms with van der Waals surface area (Å²) >= 11 is 3.44. The minimum absolute atomic E-state index is 0.0821. The molecule has 1 unspecified atom stereocenters. The smallest absolute Gasteiger partial charge is 0.261 e. The zero-order valence-electron chi connectivity index (χ0n) is 11.4. The highest BCUT2D eigenvalue weighted by Crippen LogP contribution is 2.28. The molecule has 0 radical (unpaired) electrons. The molecule has 0 bridgehead atoms. The fourth-order valence-electron chi connectivity index (χ4n) is 2.06. The zero-order chi connectivity index (χ0) is 14.3. The second-order valence-corrected chi connectivity index (χ2v) is 6.05. The van der Waals surface area contributed by atoms with Crippen molar-refractivity contribution in [3.63, 3.8) is 0 Å². The van der Waals surface area contributed by atoms with Crippen LogP contribution in [0.1, 0.15) is 19.8 Å². The lowest BCUT2D eigenvalue weighted by Crippen LogP contribution is -2.37. The topological polar surface area (TPSA) is 56.2 Å². The molecule has 106 valence electrons. The average molecular weight is 338 g/mol. The highest BCUT2D eigenvalue weighted by atomic mass is 79.9. The minimum Gasteiger partial charge on any atom is -0.463 e. The number of hydrogen-bond donors (Lipinski definition) is 1. The molecule has 0 saturated heterocycles. The van der Waals surface area contributed by atoms with Crippen LogP contribution >= 0.6 is 15.9 Å². The van der Waals surface area contributed by atoms with E-state index in [9.17, 15) is 4.79 Å². The summed E-state index contributed by atoms with van der Waals surface area (Å²) in [5.41, 5.74) is 0.970. The molecule has 1 aliphatic carbocycles. The molecule has 5 nitrogen and oxygen atoms in total. The fraction of sp³-hybridized carbons (Fsp3) is 0.429. The average Bonchev–Trinajstić information content (AvgIpc) is 3.16. The molecule has 1 heterocycles. The van der Waals surface area contributed by atoms with E-state index in [1.165, 1.54) is 0 Å². The molecule has 1 saturated carbocycles. The van der Waals surface area contributed by atoms with E-state index in [1.807, 2.05) is 25.2 Å². The van der Waals surface area contributed by atoms with E-state index in [4.69, 9.17) is 4.74 Å². The Morgan fingerprint density at radius 2 is 2.30 bits per heavy atom. The van der Waals surface area contributed by atoms with Gasteiger partial charge in [-0.1, -0.05) is 15.9 Å². The van der Waals surface area contributed by atoms with Crippen LogP contribution in [0.25, 0.3) is 10.9 Å². The molecule has 0 spiro atoms. The zero-order valence-corrected chi connectivity index (χ0v) is 13.0. The molecule has 1 aliphatic rings. The normalized spacial score (nSPS) is 16.1. The number of aromatic nitrogens is 2. The Labute approximate surface area is 125 Å². The second-order valence-electron chi connectivity index (χ2n) is 5.13. The summed E-state index contributed by atoms with van der Waals surface area (Å²) in [6.07, 6.45) is 1.59. The van der Waals surface area contributed by atoms with Crippen molar-refractivity contribution in [2.45, 2.75) is 31.9 Å². The first kappa shape index (κ1) is 13.4. The minimum atomic E-state index is -0.548. The van der Waals surface area contributed by atoms with Crippen molar-refractivity contribution in [2.24, 2.45) is 7.05 Å². The highest BCUT2D eigenvalue weighted by molar-refractivity contribution is 9.10. The van der Waals surface area contributed by atoms with Gasteiger partial charge >= 0.3 is 0 Å². The van der Waals surface area contributed by atoms with Crippen LogP contribution in [0.5, 0.6) is 5.88 Å². The van der Waals surface area contributed by atoms with Gasteiger partial charge in [0.25, 0.3) is 5.91 Å². The van der Waals surface area contributed by atoms with Crippen molar-refractivity contribution in [1.82, 2.24) is 15.1 Å². The van der Waals surface area contributed by atoms with Crippen molar-refractivity contribution >= 4 is 32.7 Å². The van der Waals surface area contributed by atoms with Gasteiger partial charge in [0.05, 0.1) is 10.9 Å². The number of hydrogen-bond acceptors (Lipinski definition) is 3. The Hall–Kier alpha value is -1.56. The quantitative estimate of drug-likeness (QED) is 0.931. The molecule has 2 aromatic rings. The van der Waals surface area contributed by atoms with Crippen molar-refractivity contribution in [3.05, 3.63) is 22.7 Å². The maximum atomic E-state index is 11.9. The predicted octanol–water partition coefficient (Wildman–Crippen LogP) is 2.38. The molecular weight excluding hydrogens is 322 g/mol. The van der Waals surface area contributed by atoms with Gasteiger partial charge in [0, 0.05) is 17.6 Å². The molecular formula is C14H16BrN3O2. The predicted molar refractivity (Wildman–Crippen MR) is 79.7 cm³/mol. The number of benzene rings is 1. The number of nitrogens with zero attached hydrogens (tertiary/aromatic N) is 2. The van der Waals surface area contributed by atoms with Gasteiger partial charge in [-0.3, -0.25) is 9.48 Å². The van der Waals surface area contributed by atoms with Crippen LogP contribution in [0.4, 0.5) is 0 Å². The van der Waals surface area contributed by atoms with Crippen LogP contribution in [-0.2, 0) is 11.8 Å². The number of amides is 1. The van der Waals surface area contributed by atoms with Crippen molar-refractivity contribution in [1.29, 1.82) is 0 Å². The second kappa shape index (κ2) is 5.09. The van der Waals surface area contributed by atoms with E-state index in [-0.39, 0.29) is 5.91 Å². The lowest BCUT2D eigenvalue weighted by Gasteiger charge is -2.12. The molecule has 0 aliphatic heterocycles. The number of ether oxygens (including phenoxy) is 1. The van der Waals surface area contributed by atoms with Gasteiger partial charge in [-0.2, -0.15) is 0 Å². The third-order valence-electron chi connectivity index (χ3n) is 3.36. The van der Waals surface area contributed by atoms with Gasteiger partial charge < -0.3 is 10.1 Å². The van der Waals surface area contributed by atoms with Crippen LogP contribution in [0, 0.1) is 0 Å². The third-order valence-corrected chi connectivity index (χ3v) is 3.85. The first-order valence-corrected chi connectivity index (χ1v) is 7.43. The number of carbonyl (C=O) groups is 1. The summed E-state index contributed by atoms with van der Waals surface area (Å²) in [4.78, 5) is 11.9. The van der Waals surface area contributed by atoms with Crippen LogP contribution in [-0.4, -0.2) is 27.8 Å². The molecule has 1 amide bonds. The maximum absolute atomic E-state index is 11.9. The number of rotatable bonds is 4. The highest BCUT2D eigenvalue weighted by Gasteiger charge is 2.27. The van der Waals surface area contributed by atoms with Crippen molar-refractivity contribution in [3.8, 4) is 5.88 Å². The van der Waals surface area contributed by atoms with Gasteiger partial charge in [0.1, 0.15) is 0 Å². The van der Waals surface area contributed by atoms with E-state index in [0.29, 0.717) is 11.9 Å². The Bertz CT molecular complexity index is 664. The van der Waals surface area contributed by atoms with E-state index in [1.54, 1.807) is 11.6 Å². The number of halogens is 1. The summed E-state index contributed by atoms with van der Waals surface area (Å²) in [5.74, 6) is 0.406. The lowest BCUT2D eigenvalue weighted by atomic mass is 10.2. The Morgan fingerprint density at radius 3 is 3.00 bits per heavy atom.